The van der Waals surface area contributed by atoms with Crippen molar-refractivity contribution in [3.8, 4) is 5.75 Å². The molecule has 0 bridgehead atoms. The van der Waals surface area contributed by atoms with Crippen LogP contribution >= 0.6 is 12.2 Å². The summed E-state index contributed by atoms with van der Waals surface area (Å²) in [5.74, 6) is 0.870. The molecule has 0 spiro atoms. The van der Waals surface area contributed by atoms with E-state index in [0.717, 1.165) is 22.5 Å². The van der Waals surface area contributed by atoms with Crippen molar-refractivity contribution >= 4 is 34.1 Å². The molecule has 1 amide bonds. The molecular weight excluding hydrogens is 358 g/mol. The fourth-order valence-electron chi connectivity index (χ4n) is 4.34. The summed E-state index contributed by atoms with van der Waals surface area (Å²) >= 11 is 5.64. The molecule has 1 fully saturated rings. The second-order valence-corrected chi connectivity index (χ2v) is 7.41. The molecule has 1 saturated heterocycles. The third-order valence-electron chi connectivity index (χ3n) is 5.69. The van der Waals surface area contributed by atoms with Crippen LogP contribution in [-0.2, 0) is 11.2 Å². The van der Waals surface area contributed by atoms with Gasteiger partial charge < -0.3 is 14.6 Å². The van der Waals surface area contributed by atoms with Crippen molar-refractivity contribution in [3.05, 3.63) is 65.4 Å². The molecule has 3 aromatic rings. The molecule has 2 aromatic carbocycles. The average Bonchev–Trinajstić information content (AvgIpc) is 3.18. The van der Waals surface area contributed by atoms with E-state index in [2.05, 4.69) is 22.0 Å². The third kappa shape index (κ3) is 2.23. The molecule has 0 aliphatic carbocycles. The quantitative estimate of drug-likeness (QED) is 0.697. The van der Waals surface area contributed by atoms with E-state index < -0.39 is 0 Å². The van der Waals surface area contributed by atoms with E-state index in [0.29, 0.717) is 11.5 Å². The lowest BCUT2D eigenvalue weighted by Crippen LogP contribution is -2.44. The largest absolute Gasteiger partial charge is 0.497 e. The summed E-state index contributed by atoms with van der Waals surface area (Å²) in [5, 5.41) is 1.76. The first-order valence-corrected chi connectivity index (χ1v) is 9.34. The van der Waals surface area contributed by atoms with Gasteiger partial charge in [-0.1, -0.05) is 30.3 Å². The van der Waals surface area contributed by atoms with Crippen molar-refractivity contribution in [2.45, 2.75) is 18.5 Å². The number of carbonyl (C=O) groups is 1. The average molecular weight is 377 g/mol. The number of aromatic amines is 1. The number of likely N-dealkylation sites (N-methyl/N-ethyl adjacent to an activating group) is 1. The maximum absolute atomic E-state index is 12.9. The summed E-state index contributed by atoms with van der Waals surface area (Å²) in [7, 11) is 3.42. The highest BCUT2D eigenvalue weighted by Gasteiger charge is 2.49. The van der Waals surface area contributed by atoms with Crippen molar-refractivity contribution in [1.82, 2.24) is 14.8 Å². The van der Waals surface area contributed by atoms with Gasteiger partial charge in [0.05, 0.1) is 13.2 Å². The van der Waals surface area contributed by atoms with Crippen molar-refractivity contribution in [2.75, 3.05) is 14.2 Å². The predicted octanol–water partition coefficient (Wildman–Crippen LogP) is 3.25. The molecule has 2 aliphatic heterocycles. The Morgan fingerprint density at radius 1 is 1.15 bits per heavy atom. The topological polar surface area (TPSA) is 48.6 Å². The summed E-state index contributed by atoms with van der Waals surface area (Å²) in [5.41, 5.74) is 4.50. The predicted molar refractivity (Wildman–Crippen MR) is 108 cm³/mol. The number of aromatic nitrogens is 1. The Morgan fingerprint density at radius 3 is 2.63 bits per heavy atom. The maximum Gasteiger partial charge on any atom is 0.251 e. The van der Waals surface area contributed by atoms with E-state index >= 15 is 0 Å². The van der Waals surface area contributed by atoms with E-state index in [9.17, 15) is 4.79 Å². The van der Waals surface area contributed by atoms with Gasteiger partial charge in [-0.25, -0.2) is 0 Å². The second kappa shape index (κ2) is 5.82. The number of ether oxygens (including phenoxy) is 1. The van der Waals surface area contributed by atoms with Crippen LogP contribution in [0, 0.1) is 0 Å². The van der Waals surface area contributed by atoms with E-state index in [4.69, 9.17) is 17.0 Å². The maximum atomic E-state index is 12.9. The molecule has 1 aromatic heterocycles. The Kier molecular flexibility index (Phi) is 3.52. The summed E-state index contributed by atoms with van der Waals surface area (Å²) in [6.07, 6.45) is 0.662. The van der Waals surface area contributed by atoms with Crippen LogP contribution in [0.1, 0.15) is 22.9 Å². The van der Waals surface area contributed by atoms with Gasteiger partial charge in [0.15, 0.2) is 5.11 Å². The molecule has 5 nitrogen and oxygen atoms in total. The monoisotopic (exact) mass is 377 g/mol. The first-order chi connectivity index (χ1) is 13.1. The molecule has 3 heterocycles. The van der Waals surface area contributed by atoms with Crippen LogP contribution in [0.3, 0.4) is 0 Å². The number of amides is 1. The van der Waals surface area contributed by atoms with Crippen LogP contribution in [0.25, 0.3) is 10.9 Å². The summed E-state index contributed by atoms with van der Waals surface area (Å²) < 4.78 is 5.31. The van der Waals surface area contributed by atoms with E-state index in [1.54, 1.807) is 19.1 Å². The number of nitrogens with one attached hydrogen (secondary N) is 1. The number of fused-ring (bicyclic) bond motifs is 4. The molecule has 5 rings (SSSR count). The standard InChI is InChI=1S/C21H19N3O2S/c1-23-20(25)17-11-15-14-5-3-4-6-16(14)22-18(15)19(24(17)21(23)27)12-7-9-13(26-2)10-8-12/h3-10,17,19,22H,11H2,1-2H3. The van der Waals surface area contributed by atoms with Gasteiger partial charge in [-0.2, -0.15) is 0 Å². The summed E-state index contributed by atoms with van der Waals surface area (Å²) in [6, 6.07) is 15.9. The first kappa shape index (κ1) is 16.3. The Hall–Kier alpha value is -2.86. The fraction of sp³-hybridized carbons (Fsp3) is 0.238. The highest BCUT2D eigenvalue weighted by molar-refractivity contribution is 7.80. The number of thiocarbonyl (C=S) groups is 1. The van der Waals surface area contributed by atoms with Gasteiger partial charge in [0, 0.05) is 30.1 Å². The minimum absolute atomic E-state index is 0.0643. The number of nitrogens with zero attached hydrogens (tertiary/aromatic N) is 2. The number of rotatable bonds is 2. The minimum atomic E-state index is -0.263. The highest BCUT2D eigenvalue weighted by atomic mass is 32.1. The Labute approximate surface area is 162 Å². The highest BCUT2D eigenvalue weighted by Crippen LogP contribution is 2.43. The van der Waals surface area contributed by atoms with E-state index in [1.807, 2.05) is 36.4 Å². The molecule has 27 heavy (non-hydrogen) atoms. The van der Waals surface area contributed by atoms with Crippen LogP contribution in [0.2, 0.25) is 0 Å². The molecule has 6 heteroatoms. The Balaban J connectivity index is 1.74. The molecule has 2 aliphatic rings. The normalized spacial score (nSPS) is 21.6. The van der Waals surface area contributed by atoms with Crippen LogP contribution in [0.4, 0.5) is 0 Å². The van der Waals surface area contributed by atoms with Crippen LogP contribution < -0.4 is 4.74 Å². The zero-order valence-corrected chi connectivity index (χ0v) is 15.9. The Bertz CT molecular complexity index is 1070. The van der Waals surface area contributed by atoms with Crippen molar-refractivity contribution in [1.29, 1.82) is 0 Å². The molecule has 136 valence electrons. The number of benzene rings is 2. The molecule has 0 saturated carbocycles. The van der Waals surface area contributed by atoms with Gasteiger partial charge in [0.1, 0.15) is 11.8 Å². The zero-order valence-electron chi connectivity index (χ0n) is 15.1. The second-order valence-electron chi connectivity index (χ2n) is 7.05. The number of hydrogen-bond acceptors (Lipinski definition) is 3. The lowest BCUT2D eigenvalue weighted by molar-refractivity contribution is -0.127. The summed E-state index contributed by atoms with van der Waals surface area (Å²) in [6.45, 7) is 0. The molecular formula is C21H19N3O2S. The lowest BCUT2D eigenvalue weighted by atomic mass is 9.89. The smallest absolute Gasteiger partial charge is 0.251 e. The van der Waals surface area contributed by atoms with Crippen LogP contribution in [-0.4, -0.2) is 46.0 Å². The van der Waals surface area contributed by atoms with Gasteiger partial charge in [-0.05, 0) is 41.5 Å². The van der Waals surface area contributed by atoms with Gasteiger partial charge in [0.25, 0.3) is 5.91 Å². The molecule has 1 N–H and O–H groups in total. The zero-order chi connectivity index (χ0) is 18.7. The molecule has 2 atom stereocenters. The molecule has 2 unspecified atom stereocenters. The van der Waals surface area contributed by atoms with Crippen molar-refractivity contribution < 1.29 is 9.53 Å². The van der Waals surface area contributed by atoms with E-state index in [-0.39, 0.29) is 18.0 Å². The minimum Gasteiger partial charge on any atom is -0.497 e. The van der Waals surface area contributed by atoms with E-state index in [1.165, 1.54) is 10.9 Å². The van der Waals surface area contributed by atoms with Crippen LogP contribution in [0.5, 0.6) is 5.75 Å². The fourth-order valence-corrected chi connectivity index (χ4v) is 4.66. The number of H-pyrrole nitrogens is 1. The Morgan fingerprint density at radius 2 is 1.89 bits per heavy atom. The number of carbonyl (C=O) groups excluding carboxylic acids is 1. The van der Waals surface area contributed by atoms with Gasteiger partial charge in [0.2, 0.25) is 0 Å². The lowest BCUT2D eigenvalue weighted by Gasteiger charge is -2.37. The van der Waals surface area contributed by atoms with Crippen LogP contribution in [0.15, 0.2) is 48.5 Å². The first-order valence-electron chi connectivity index (χ1n) is 8.93. The van der Waals surface area contributed by atoms with Gasteiger partial charge in [-0.3, -0.25) is 9.69 Å². The number of para-hydroxylation sites is 1. The summed E-state index contributed by atoms with van der Waals surface area (Å²) in [4.78, 5) is 20.1. The van der Waals surface area contributed by atoms with Crippen molar-refractivity contribution in [3.63, 3.8) is 0 Å². The SMILES string of the molecule is COc1ccc(C2c3[nH]c4ccccc4c3CC3C(=O)N(C)C(=S)N32)cc1. The van der Waals surface area contributed by atoms with Gasteiger partial charge >= 0.3 is 0 Å². The van der Waals surface area contributed by atoms with Gasteiger partial charge in [-0.15, -0.1) is 0 Å². The number of hydrogen-bond donors (Lipinski definition) is 1. The number of methoxy groups -OCH3 is 1. The molecule has 0 radical (unpaired) electrons. The third-order valence-corrected chi connectivity index (χ3v) is 6.17. The van der Waals surface area contributed by atoms with Crippen molar-refractivity contribution in [2.24, 2.45) is 0 Å².